The van der Waals surface area contributed by atoms with Gasteiger partial charge in [0.25, 0.3) is 0 Å². The Morgan fingerprint density at radius 3 is 2.73 bits per heavy atom. The molecule has 1 N–H and O–H groups in total. The van der Waals surface area contributed by atoms with E-state index in [1.807, 2.05) is 37.3 Å². The zero-order chi connectivity index (χ0) is 10.9. The Balaban J connectivity index is 2.14. The monoisotopic (exact) mass is 207 g/mol. The lowest BCUT2D eigenvalue weighted by atomic mass is 10.2. The Bertz CT molecular complexity index is 285. The fraction of sp³-hybridized carbons (Fsp3) is 0.417. The van der Waals surface area contributed by atoms with Crippen LogP contribution in [-0.4, -0.2) is 5.97 Å². The molecular formula is C12H17NO2. The summed E-state index contributed by atoms with van der Waals surface area (Å²) in [7, 11) is 0. The van der Waals surface area contributed by atoms with Crippen LogP contribution in [0.4, 0.5) is 0 Å². The normalized spacial score (nSPS) is 9.93. The van der Waals surface area contributed by atoms with Crippen molar-refractivity contribution in [3.63, 3.8) is 0 Å². The third-order valence-electron chi connectivity index (χ3n) is 2.04. The molecule has 0 heterocycles. The molecule has 0 fully saturated rings. The van der Waals surface area contributed by atoms with E-state index in [1.54, 1.807) is 0 Å². The number of nitrogens with one attached hydrogen (secondary N) is 1. The van der Waals surface area contributed by atoms with Crippen LogP contribution in [0.2, 0.25) is 0 Å². The van der Waals surface area contributed by atoms with Gasteiger partial charge in [-0.2, -0.15) is 0 Å². The second-order valence-electron chi connectivity index (χ2n) is 3.38. The van der Waals surface area contributed by atoms with Crippen molar-refractivity contribution in [2.24, 2.45) is 0 Å². The fourth-order valence-corrected chi connectivity index (χ4v) is 1.17. The van der Waals surface area contributed by atoms with Gasteiger partial charge in [0.2, 0.25) is 0 Å². The molecule has 0 aliphatic heterocycles. The van der Waals surface area contributed by atoms with Gasteiger partial charge in [-0.05, 0) is 12.0 Å². The SMILES string of the molecule is CCCCC(=O)ONCc1ccccc1. The number of hydrogen-bond donors (Lipinski definition) is 1. The van der Waals surface area contributed by atoms with Crippen molar-refractivity contribution in [1.82, 2.24) is 5.48 Å². The first-order valence-electron chi connectivity index (χ1n) is 5.29. The first kappa shape index (κ1) is 11.7. The van der Waals surface area contributed by atoms with Gasteiger partial charge >= 0.3 is 5.97 Å². The van der Waals surface area contributed by atoms with Crippen LogP contribution in [-0.2, 0) is 16.2 Å². The van der Waals surface area contributed by atoms with E-state index in [1.165, 1.54) is 0 Å². The molecule has 0 saturated carbocycles. The molecule has 0 spiro atoms. The van der Waals surface area contributed by atoms with Gasteiger partial charge in [-0.15, -0.1) is 5.48 Å². The highest BCUT2D eigenvalue weighted by Crippen LogP contribution is 1.98. The highest BCUT2D eigenvalue weighted by Gasteiger charge is 2.00. The molecule has 3 nitrogen and oxygen atoms in total. The standard InChI is InChI=1S/C12H17NO2/c1-2-3-9-12(14)15-13-10-11-7-5-4-6-8-11/h4-8,13H,2-3,9-10H2,1H3. The molecule has 0 aliphatic rings. The second-order valence-corrected chi connectivity index (χ2v) is 3.38. The van der Waals surface area contributed by atoms with Crippen LogP contribution in [0.25, 0.3) is 0 Å². The van der Waals surface area contributed by atoms with Crippen LogP contribution < -0.4 is 5.48 Å². The van der Waals surface area contributed by atoms with Crippen LogP contribution >= 0.6 is 0 Å². The molecule has 0 unspecified atom stereocenters. The summed E-state index contributed by atoms with van der Waals surface area (Å²) in [6.07, 6.45) is 2.37. The van der Waals surface area contributed by atoms with Crippen LogP contribution in [0.1, 0.15) is 31.7 Å². The van der Waals surface area contributed by atoms with Crippen molar-refractivity contribution in [2.45, 2.75) is 32.7 Å². The average Bonchev–Trinajstić information content (AvgIpc) is 2.28. The van der Waals surface area contributed by atoms with Gasteiger partial charge in [-0.1, -0.05) is 43.7 Å². The summed E-state index contributed by atoms with van der Waals surface area (Å²) in [6, 6.07) is 9.82. The summed E-state index contributed by atoms with van der Waals surface area (Å²) < 4.78 is 0. The Kier molecular flexibility index (Phi) is 5.48. The molecule has 0 aliphatic carbocycles. The number of carbonyl (C=O) groups excluding carboxylic acids is 1. The zero-order valence-electron chi connectivity index (χ0n) is 9.03. The number of benzene rings is 1. The topological polar surface area (TPSA) is 38.3 Å². The van der Waals surface area contributed by atoms with Gasteiger partial charge in [0.15, 0.2) is 0 Å². The quantitative estimate of drug-likeness (QED) is 0.728. The van der Waals surface area contributed by atoms with E-state index in [4.69, 9.17) is 4.84 Å². The molecule has 0 atom stereocenters. The Morgan fingerprint density at radius 1 is 1.33 bits per heavy atom. The maximum atomic E-state index is 11.1. The van der Waals surface area contributed by atoms with E-state index >= 15 is 0 Å². The molecule has 1 aromatic carbocycles. The minimum Gasteiger partial charge on any atom is -0.370 e. The first-order valence-corrected chi connectivity index (χ1v) is 5.29. The first-order chi connectivity index (χ1) is 7.33. The number of rotatable bonds is 6. The van der Waals surface area contributed by atoms with E-state index in [0.717, 1.165) is 18.4 Å². The Morgan fingerprint density at radius 2 is 2.07 bits per heavy atom. The summed E-state index contributed by atoms with van der Waals surface area (Å²) in [4.78, 5) is 16.0. The summed E-state index contributed by atoms with van der Waals surface area (Å²) in [5.74, 6) is -0.187. The molecule has 82 valence electrons. The molecule has 3 heteroatoms. The smallest absolute Gasteiger partial charge is 0.324 e. The van der Waals surface area contributed by atoms with E-state index in [9.17, 15) is 4.79 Å². The van der Waals surface area contributed by atoms with Crippen LogP contribution in [0.15, 0.2) is 30.3 Å². The number of hydroxylamine groups is 1. The fourth-order valence-electron chi connectivity index (χ4n) is 1.17. The number of unbranched alkanes of at least 4 members (excludes halogenated alkanes) is 1. The van der Waals surface area contributed by atoms with Crippen molar-refractivity contribution in [1.29, 1.82) is 0 Å². The second kappa shape index (κ2) is 7.01. The third kappa shape index (κ3) is 5.18. The molecule has 0 aromatic heterocycles. The van der Waals surface area contributed by atoms with Gasteiger partial charge in [0, 0.05) is 6.42 Å². The summed E-state index contributed by atoms with van der Waals surface area (Å²) in [5, 5.41) is 0. The van der Waals surface area contributed by atoms with Crippen LogP contribution in [0, 0.1) is 0 Å². The molecular weight excluding hydrogens is 190 g/mol. The van der Waals surface area contributed by atoms with Crippen molar-refractivity contribution < 1.29 is 9.63 Å². The van der Waals surface area contributed by atoms with E-state index in [-0.39, 0.29) is 5.97 Å². The van der Waals surface area contributed by atoms with E-state index < -0.39 is 0 Å². The Hall–Kier alpha value is -1.35. The summed E-state index contributed by atoms with van der Waals surface area (Å²) >= 11 is 0. The maximum Gasteiger partial charge on any atom is 0.324 e. The molecule has 15 heavy (non-hydrogen) atoms. The minimum absolute atomic E-state index is 0.187. The lowest BCUT2D eigenvalue weighted by Gasteiger charge is -2.05. The van der Waals surface area contributed by atoms with Gasteiger partial charge in [-0.3, -0.25) is 4.79 Å². The predicted molar refractivity (Wildman–Crippen MR) is 58.9 cm³/mol. The lowest BCUT2D eigenvalue weighted by Crippen LogP contribution is -2.19. The number of hydrogen-bond acceptors (Lipinski definition) is 3. The predicted octanol–water partition coefficient (Wildman–Crippen LogP) is 2.42. The van der Waals surface area contributed by atoms with Crippen LogP contribution in [0.3, 0.4) is 0 Å². The van der Waals surface area contributed by atoms with Crippen molar-refractivity contribution in [3.05, 3.63) is 35.9 Å². The van der Waals surface area contributed by atoms with Crippen molar-refractivity contribution >= 4 is 5.97 Å². The molecule has 1 aromatic rings. The largest absolute Gasteiger partial charge is 0.370 e. The van der Waals surface area contributed by atoms with E-state index in [0.29, 0.717) is 13.0 Å². The van der Waals surface area contributed by atoms with Gasteiger partial charge in [0.1, 0.15) is 0 Å². The molecule has 1 rings (SSSR count). The van der Waals surface area contributed by atoms with Gasteiger partial charge < -0.3 is 4.84 Å². The average molecular weight is 207 g/mol. The van der Waals surface area contributed by atoms with Gasteiger partial charge in [0.05, 0.1) is 6.54 Å². The number of carbonyl (C=O) groups is 1. The van der Waals surface area contributed by atoms with E-state index in [2.05, 4.69) is 5.48 Å². The minimum atomic E-state index is -0.187. The highest BCUT2D eigenvalue weighted by molar-refractivity contribution is 5.68. The maximum absolute atomic E-state index is 11.1. The zero-order valence-corrected chi connectivity index (χ0v) is 9.03. The highest BCUT2D eigenvalue weighted by atomic mass is 16.7. The Labute approximate surface area is 90.4 Å². The summed E-state index contributed by atoms with van der Waals surface area (Å²) in [5.41, 5.74) is 3.76. The molecule has 0 radical (unpaired) electrons. The van der Waals surface area contributed by atoms with Crippen molar-refractivity contribution in [3.8, 4) is 0 Å². The third-order valence-corrected chi connectivity index (χ3v) is 2.04. The molecule has 0 amide bonds. The van der Waals surface area contributed by atoms with Gasteiger partial charge in [-0.25, -0.2) is 0 Å². The molecule has 0 saturated heterocycles. The lowest BCUT2D eigenvalue weighted by molar-refractivity contribution is -0.151. The summed E-state index contributed by atoms with van der Waals surface area (Å²) in [6.45, 7) is 2.60. The van der Waals surface area contributed by atoms with Crippen LogP contribution in [0.5, 0.6) is 0 Å². The van der Waals surface area contributed by atoms with Crippen molar-refractivity contribution in [2.75, 3.05) is 0 Å². The molecule has 0 bridgehead atoms.